The molecule has 7 heteroatoms. The van der Waals surface area contributed by atoms with Crippen LogP contribution in [-0.4, -0.2) is 27.0 Å². The van der Waals surface area contributed by atoms with Gasteiger partial charge in [0.05, 0.1) is 11.4 Å². The van der Waals surface area contributed by atoms with Crippen molar-refractivity contribution < 1.29 is 14.0 Å². The third-order valence-electron chi connectivity index (χ3n) is 3.96. The van der Waals surface area contributed by atoms with Gasteiger partial charge < -0.3 is 10.2 Å². The number of amides is 1. The highest BCUT2D eigenvalue weighted by Gasteiger charge is 2.42. The lowest BCUT2D eigenvalue weighted by molar-refractivity contribution is -0.136. The molecule has 0 unspecified atom stereocenters. The third kappa shape index (κ3) is 3.02. The van der Waals surface area contributed by atoms with Gasteiger partial charge in [-0.2, -0.15) is 5.10 Å². The molecule has 24 heavy (non-hydrogen) atoms. The molecule has 0 spiro atoms. The monoisotopic (exact) mass is 330 g/mol. The smallest absolute Gasteiger partial charge is 0.272 e. The number of rotatable bonds is 4. The van der Waals surface area contributed by atoms with Gasteiger partial charge in [0.15, 0.2) is 0 Å². The second-order valence-corrected chi connectivity index (χ2v) is 5.98. The third-order valence-corrected chi connectivity index (χ3v) is 3.96. The normalized spacial score (nSPS) is 19.8. The molecule has 6 nitrogen and oxygen atoms in total. The number of benzene rings is 1. The lowest BCUT2D eigenvalue weighted by atomic mass is 9.95. The minimum Gasteiger partial charge on any atom is -0.379 e. The zero-order valence-corrected chi connectivity index (χ0v) is 13.8. The SMILES string of the molecule is CCn1nc(C)cc1NC(=O)[C@@]1(C)CC(c2ccc(F)cc2)=NO1. The number of aryl methyl sites for hydroxylation is 2. The van der Waals surface area contributed by atoms with Crippen LogP contribution < -0.4 is 5.32 Å². The van der Waals surface area contributed by atoms with E-state index in [-0.39, 0.29) is 11.7 Å². The highest BCUT2D eigenvalue weighted by atomic mass is 19.1. The number of aromatic nitrogens is 2. The maximum Gasteiger partial charge on any atom is 0.272 e. The van der Waals surface area contributed by atoms with Crippen LogP contribution in [0, 0.1) is 12.7 Å². The molecule has 1 atom stereocenters. The van der Waals surface area contributed by atoms with Crippen molar-refractivity contribution >= 4 is 17.4 Å². The van der Waals surface area contributed by atoms with E-state index in [2.05, 4.69) is 15.6 Å². The fourth-order valence-corrected chi connectivity index (χ4v) is 2.59. The number of carbonyl (C=O) groups excluding carboxylic acids is 1. The number of hydrogen-bond donors (Lipinski definition) is 1. The first-order chi connectivity index (χ1) is 11.4. The van der Waals surface area contributed by atoms with Crippen molar-refractivity contribution in [2.45, 2.75) is 39.3 Å². The molecular formula is C17H19FN4O2. The Kier molecular flexibility index (Phi) is 4.09. The predicted octanol–water partition coefficient (Wildman–Crippen LogP) is 2.87. The van der Waals surface area contributed by atoms with Crippen molar-refractivity contribution in [1.29, 1.82) is 0 Å². The molecule has 1 aromatic heterocycles. The quantitative estimate of drug-likeness (QED) is 0.937. The summed E-state index contributed by atoms with van der Waals surface area (Å²) >= 11 is 0. The highest BCUT2D eigenvalue weighted by molar-refractivity contribution is 6.07. The minimum absolute atomic E-state index is 0.294. The molecule has 1 N–H and O–H groups in total. The van der Waals surface area contributed by atoms with Gasteiger partial charge in [0.1, 0.15) is 11.6 Å². The van der Waals surface area contributed by atoms with Crippen LogP contribution in [0.25, 0.3) is 0 Å². The van der Waals surface area contributed by atoms with Crippen LogP contribution in [0.4, 0.5) is 10.2 Å². The van der Waals surface area contributed by atoms with Gasteiger partial charge in [-0.1, -0.05) is 17.3 Å². The average Bonchev–Trinajstić information content (AvgIpc) is 3.12. The van der Waals surface area contributed by atoms with Crippen LogP contribution in [0.3, 0.4) is 0 Å². The maximum atomic E-state index is 13.0. The second-order valence-electron chi connectivity index (χ2n) is 5.98. The number of anilines is 1. The molecule has 0 saturated heterocycles. The van der Waals surface area contributed by atoms with Crippen molar-refractivity contribution in [3.63, 3.8) is 0 Å². The fourth-order valence-electron chi connectivity index (χ4n) is 2.59. The zero-order chi connectivity index (χ0) is 17.3. The van der Waals surface area contributed by atoms with Crippen LogP contribution in [-0.2, 0) is 16.2 Å². The van der Waals surface area contributed by atoms with E-state index in [0.29, 0.717) is 24.5 Å². The van der Waals surface area contributed by atoms with Gasteiger partial charge in [-0.05, 0) is 38.5 Å². The van der Waals surface area contributed by atoms with Gasteiger partial charge in [-0.15, -0.1) is 0 Å². The van der Waals surface area contributed by atoms with E-state index in [1.165, 1.54) is 12.1 Å². The van der Waals surface area contributed by atoms with E-state index in [1.54, 1.807) is 29.8 Å². The summed E-state index contributed by atoms with van der Waals surface area (Å²) in [6.07, 6.45) is 0.309. The molecule has 0 aliphatic carbocycles. The van der Waals surface area contributed by atoms with Gasteiger partial charge in [0.2, 0.25) is 5.60 Å². The predicted molar refractivity (Wildman–Crippen MR) is 88.3 cm³/mol. The van der Waals surface area contributed by atoms with Crippen molar-refractivity contribution in [3.8, 4) is 0 Å². The summed E-state index contributed by atoms with van der Waals surface area (Å²) in [4.78, 5) is 18.0. The fraction of sp³-hybridized carbons (Fsp3) is 0.353. The Morgan fingerprint density at radius 1 is 1.42 bits per heavy atom. The number of halogens is 1. The number of hydrogen-bond acceptors (Lipinski definition) is 4. The van der Waals surface area contributed by atoms with Crippen LogP contribution in [0.5, 0.6) is 0 Å². The van der Waals surface area contributed by atoms with E-state index < -0.39 is 5.60 Å². The van der Waals surface area contributed by atoms with Crippen molar-refractivity contribution in [2.24, 2.45) is 5.16 Å². The van der Waals surface area contributed by atoms with Gasteiger partial charge >= 0.3 is 0 Å². The average molecular weight is 330 g/mol. The van der Waals surface area contributed by atoms with E-state index in [1.807, 2.05) is 13.8 Å². The molecule has 1 amide bonds. The highest BCUT2D eigenvalue weighted by Crippen LogP contribution is 2.28. The number of carbonyl (C=O) groups is 1. The number of oxime groups is 1. The molecule has 0 fully saturated rings. The molecule has 0 radical (unpaired) electrons. The number of nitrogens with one attached hydrogen (secondary N) is 1. The van der Waals surface area contributed by atoms with Gasteiger partial charge in [0, 0.05) is 19.0 Å². The molecule has 126 valence electrons. The standard InChI is InChI=1S/C17H19FN4O2/c1-4-22-15(9-11(2)20-22)19-16(23)17(3)10-14(21-24-17)12-5-7-13(18)8-6-12/h5-9H,4,10H2,1-3H3,(H,19,23)/t17-/m1/s1. The van der Waals surface area contributed by atoms with E-state index in [4.69, 9.17) is 4.84 Å². The summed E-state index contributed by atoms with van der Waals surface area (Å²) in [5.41, 5.74) is 1.07. The molecule has 3 rings (SSSR count). The largest absolute Gasteiger partial charge is 0.379 e. The summed E-state index contributed by atoms with van der Waals surface area (Å²) < 4.78 is 14.7. The molecule has 2 aromatic rings. The molecule has 1 aliphatic heterocycles. The van der Waals surface area contributed by atoms with Crippen molar-refractivity contribution in [1.82, 2.24) is 9.78 Å². The molecule has 0 saturated carbocycles. The van der Waals surface area contributed by atoms with E-state index in [9.17, 15) is 9.18 Å². The summed E-state index contributed by atoms with van der Waals surface area (Å²) in [6.45, 7) is 6.15. The Labute approximate surface area is 139 Å². The molecule has 0 bridgehead atoms. The topological polar surface area (TPSA) is 68.5 Å². The Morgan fingerprint density at radius 3 is 2.79 bits per heavy atom. The van der Waals surface area contributed by atoms with Crippen LogP contribution >= 0.6 is 0 Å². The number of nitrogens with zero attached hydrogens (tertiary/aromatic N) is 3. The zero-order valence-electron chi connectivity index (χ0n) is 13.8. The Morgan fingerprint density at radius 2 is 2.12 bits per heavy atom. The Bertz CT molecular complexity index is 797. The minimum atomic E-state index is -1.11. The van der Waals surface area contributed by atoms with Gasteiger partial charge in [0.25, 0.3) is 5.91 Å². The lowest BCUT2D eigenvalue weighted by Crippen LogP contribution is -2.40. The summed E-state index contributed by atoms with van der Waals surface area (Å²) in [5.74, 6) is 0.0139. The van der Waals surface area contributed by atoms with Crippen LogP contribution in [0.2, 0.25) is 0 Å². The van der Waals surface area contributed by atoms with Crippen molar-refractivity contribution in [3.05, 3.63) is 47.4 Å². The Hall–Kier alpha value is -2.70. The summed E-state index contributed by atoms with van der Waals surface area (Å²) in [5, 5.41) is 11.2. The molecule has 1 aromatic carbocycles. The maximum absolute atomic E-state index is 13.0. The summed E-state index contributed by atoms with van der Waals surface area (Å²) in [6, 6.07) is 7.77. The molecule has 1 aliphatic rings. The first-order valence-electron chi connectivity index (χ1n) is 7.78. The van der Waals surface area contributed by atoms with E-state index in [0.717, 1.165) is 11.3 Å². The second kappa shape index (κ2) is 6.07. The lowest BCUT2D eigenvalue weighted by Gasteiger charge is -2.20. The molecular weight excluding hydrogens is 311 g/mol. The summed E-state index contributed by atoms with van der Waals surface area (Å²) in [7, 11) is 0. The first kappa shape index (κ1) is 16.2. The van der Waals surface area contributed by atoms with Crippen molar-refractivity contribution in [2.75, 3.05) is 5.32 Å². The van der Waals surface area contributed by atoms with Crippen LogP contribution in [0.1, 0.15) is 31.5 Å². The van der Waals surface area contributed by atoms with Crippen LogP contribution in [0.15, 0.2) is 35.5 Å². The first-order valence-corrected chi connectivity index (χ1v) is 7.78. The van der Waals surface area contributed by atoms with E-state index >= 15 is 0 Å². The Balaban J connectivity index is 1.73. The van der Waals surface area contributed by atoms with Gasteiger partial charge in [-0.25, -0.2) is 9.07 Å². The van der Waals surface area contributed by atoms with Gasteiger partial charge in [-0.3, -0.25) is 4.79 Å². The molecule has 2 heterocycles.